The van der Waals surface area contributed by atoms with Gasteiger partial charge in [0, 0.05) is 18.5 Å². The lowest BCUT2D eigenvalue weighted by molar-refractivity contribution is 0.0727. The van der Waals surface area contributed by atoms with Gasteiger partial charge in [0.2, 0.25) is 10.0 Å². The number of nitrogens with two attached hydrogens (primary N) is 1. The molecule has 1 fully saturated rings. The first-order valence-corrected chi connectivity index (χ1v) is 8.28. The third-order valence-corrected chi connectivity index (χ3v) is 5.39. The predicted molar refractivity (Wildman–Crippen MR) is 71.1 cm³/mol. The SMILES string of the molecule is Cc1cscc1C(=O)N1CCCC(S(N)(=O)=O)C1. The Morgan fingerprint density at radius 3 is 2.78 bits per heavy atom. The topological polar surface area (TPSA) is 80.5 Å². The highest BCUT2D eigenvalue weighted by molar-refractivity contribution is 7.89. The number of nitrogens with zero attached hydrogens (tertiary/aromatic N) is 1. The smallest absolute Gasteiger partial charge is 0.255 e. The lowest BCUT2D eigenvalue weighted by atomic mass is 10.1. The first-order valence-electron chi connectivity index (χ1n) is 5.73. The van der Waals surface area contributed by atoms with Crippen LogP contribution in [0.25, 0.3) is 0 Å². The van der Waals surface area contributed by atoms with Gasteiger partial charge in [0.15, 0.2) is 0 Å². The minimum Gasteiger partial charge on any atom is -0.337 e. The molecule has 0 radical (unpaired) electrons. The molecule has 1 saturated heterocycles. The molecule has 7 heteroatoms. The van der Waals surface area contributed by atoms with E-state index in [2.05, 4.69) is 0 Å². The Hall–Kier alpha value is -0.920. The highest BCUT2D eigenvalue weighted by Gasteiger charge is 2.31. The fraction of sp³-hybridized carbons (Fsp3) is 0.545. The fourth-order valence-corrected chi connectivity index (χ4v) is 3.85. The van der Waals surface area contributed by atoms with Gasteiger partial charge in [-0.2, -0.15) is 11.3 Å². The number of hydrogen-bond donors (Lipinski definition) is 1. The summed E-state index contributed by atoms with van der Waals surface area (Å²) in [5, 5.41) is 8.24. The maximum Gasteiger partial charge on any atom is 0.255 e. The summed E-state index contributed by atoms with van der Waals surface area (Å²) < 4.78 is 22.7. The minimum absolute atomic E-state index is 0.0953. The molecule has 0 aromatic carbocycles. The third-order valence-electron chi connectivity index (χ3n) is 3.22. The zero-order chi connectivity index (χ0) is 13.3. The number of sulfonamides is 1. The van der Waals surface area contributed by atoms with Crippen molar-refractivity contribution in [3.05, 3.63) is 21.9 Å². The highest BCUT2D eigenvalue weighted by atomic mass is 32.2. The fourth-order valence-electron chi connectivity index (χ4n) is 2.14. The van der Waals surface area contributed by atoms with E-state index in [4.69, 9.17) is 5.14 Å². The lowest BCUT2D eigenvalue weighted by Gasteiger charge is -2.31. The van der Waals surface area contributed by atoms with E-state index in [-0.39, 0.29) is 12.5 Å². The van der Waals surface area contributed by atoms with E-state index in [1.807, 2.05) is 12.3 Å². The molecule has 1 unspecified atom stereocenters. The second-order valence-corrected chi connectivity index (χ2v) is 7.16. The molecule has 18 heavy (non-hydrogen) atoms. The zero-order valence-electron chi connectivity index (χ0n) is 10.1. The van der Waals surface area contributed by atoms with Crippen LogP contribution < -0.4 is 5.14 Å². The summed E-state index contributed by atoms with van der Waals surface area (Å²) in [4.78, 5) is 13.8. The normalized spacial score (nSPS) is 21.0. The average molecular weight is 288 g/mol. The Bertz CT molecular complexity index is 550. The van der Waals surface area contributed by atoms with Gasteiger partial charge in [0.1, 0.15) is 0 Å². The van der Waals surface area contributed by atoms with Crippen LogP contribution in [-0.2, 0) is 10.0 Å². The van der Waals surface area contributed by atoms with Crippen molar-refractivity contribution >= 4 is 27.3 Å². The number of primary sulfonamides is 1. The van der Waals surface area contributed by atoms with E-state index in [9.17, 15) is 13.2 Å². The van der Waals surface area contributed by atoms with E-state index in [1.54, 1.807) is 10.3 Å². The number of carbonyl (C=O) groups excluding carboxylic acids is 1. The van der Waals surface area contributed by atoms with Crippen molar-refractivity contribution in [2.75, 3.05) is 13.1 Å². The minimum atomic E-state index is -3.56. The third kappa shape index (κ3) is 2.73. The molecule has 0 spiro atoms. The van der Waals surface area contributed by atoms with Gasteiger partial charge in [-0.25, -0.2) is 13.6 Å². The average Bonchev–Trinajstić information content (AvgIpc) is 2.73. The van der Waals surface area contributed by atoms with Crippen molar-refractivity contribution in [2.45, 2.75) is 25.0 Å². The molecule has 1 aromatic rings. The molecular weight excluding hydrogens is 272 g/mol. The molecule has 1 aliphatic heterocycles. The highest BCUT2D eigenvalue weighted by Crippen LogP contribution is 2.21. The summed E-state index contributed by atoms with van der Waals surface area (Å²) in [7, 11) is -3.56. The maximum atomic E-state index is 12.3. The van der Waals surface area contributed by atoms with Gasteiger partial charge in [-0.15, -0.1) is 0 Å². The van der Waals surface area contributed by atoms with Gasteiger partial charge >= 0.3 is 0 Å². The van der Waals surface area contributed by atoms with Gasteiger partial charge in [-0.1, -0.05) is 0 Å². The Kier molecular flexibility index (Phi) is 3.74. The van der Waals surface area contributed by atoms with Gasteiger partial charge in [-0.05, 0) is 30.7 Å². The molecule has 1 aliphatic rings. The van der Waals surface area contributed by atoms with Crippen LogP contribution in [-0.4, -0.2) is 37.6 Å². The van der Waals surface area contributed by atoms with Crippen molar-refractivity contribution in [3.63, 3.8) is 0 Å². The van der Waals surface area contributed by atoms with Crippen molar-refractivity contribution in [2.24, 2.45) is 5.14 Å². The number of piperidine rings is 1. The predicted octanol–water partition coefficient (Wildman–Crippen LogP) is 0.950. The van der Waals surface area contributed by atoms with Crippen LogP contribution in [0.1, 0.15) is 28.8 Å². The molecule has 2 heterocycles. The number of thiophene rings is 1. The number of likely N-dealkylation sites (tertiary alicyclic amines) is 1. The van der Waals surface area contributed by atoms with Crippen molar-refractivity contribution in [1.82, 2.24) is 4.90 Å². The summed E-state index contributed by atoms with van der Waals surface area (Å²) in [5.41, 5.74) is 1.60. The molecular formula is C11H16N2O3S2. The van der Waals surface area contributed by atoms with Crippen LogP contribution in [0.5, 0.6) is 0 Å². The van der Waals surface area contributed by atoms with Crippen LogP contribution >= 0.6 is 11.3 Å². The van der Waals surface area contributed by atoms with Crippen molar-refractivity contribution in [3.8, 4) is 0 Å². The molecule has 2 N–H and O–H groups in total. The first-order chi connectivity index (χ1) is 8.39. The Labute approximate surface area is 111 Å². The molecule has 1 atom stereocenters. The summed E-state index contributed by atoms with van der Waals surface area (Å²) >= 11 is 1.47. The van der Waals surface area contributed by atoms with Crippen LogP contribution in [0.3, 0.4) is 0 Å². The Morgan fingerprint density at radius 2 is 2.22 bits per heavy atom. The van der Waals surface area contributed by atoms with Gasteiger partial charge in [0.25, 0.3) is 5.91 Å². The van der Waals surface area contributed by atoms with E-state index < -0.39 is 15.3 Å². The molecule has 0 bridgehead atoms. The van der Waals surface area contributed by atoms with Gasteiger partial charge in [-0.3, -0.25) is 4.79 Å². The molecule has 0 aliphatic carbocycles. The summed E-state index contributed by atoms with van der Waals surface area (Å²) in [5.74, 6) is -0.0953. The first kappa shape index (κ1) is 13.5. The quantitative estimate of drug-likeness (QED) is 0.879. The number of hydrogen-bond acceptors (Lipinski definition) is 4. The largest absolute Gasteiger partial charge is 0.337 e. The monoisotopic (exact) mass is 288 g/mol. The molecule has 100 valence electrons. The van der Waals surface area contributed by atoms with Gasteiger partial charge in [0.05, 0.1) is 10.8 Å². The summed E-state index contributed by atoms with van der Waals surface area (Å²) in [6.45, 7) is 2.68. The molecule has 1 amide bonds. The Morgan fingerprint density at radius 1 is 1.50 bits per heavy atom. The van der Waals surface area contributed by atoms with Crippen molar-refractivity contribution < 1.29 is 13.2 Å². The van der Waals surface area contributed by atoms with Crippen LogP contribution in [0.4, 0.5) is 0 Å². The van der Waals surface area contributed by atoms with E-state index >= 15 is 0 Å². The van der Waals surface area contributed by atoms with Gasteiger partial charge < -0.3 is 4.90 Å². The molecule has 2 rings (SSSR count). The molecule has 0 saturated carbocycles. The van der Waals surface area contributed by atoms with E-state index in [0.29, 0.717) is 24.9 Å². The summed E-state index contributed by atoms with van der Waals surface area (Å²) in [6.07, 6.45) is 1.21. The standard InChI is InChI=1S/C11H16N2O3S2/c1-8-6-17-7-10(8)11(14)13-4-2-3-9(5-13)18(12,15)16/h6-7,9H,2-5H2,1H3,(H2,12,15,16). The number of aryl methyl sites for hydroxylation is 1. The van der Waals surface area contributed by atoms with E-state index in [0.717, 1.165) is 5.56 Å². The van der Waals surface area contributed by atoms with Crippen LogP contribution in [0.2, 0.25) is 0 Å². The number of amides is 1. The molecule has 5 nitrogen and oxygen atoms in total. The molecule has 1 aromatic heterocycles. The van der Waals surface area contributed by atoms with Crippen LogP contribution in [0.15, 0.2) is 10.8 Å². The van der Waals surface area contributed by atoms with E-state index in [1.165, 1.54) is 11.3 Å². The second kappa shape index (κ2) is 4.99. The zero-order valence-corrected chi connectivity index (χ0v) is 11.8. The maximum absolute atomic E-state index is 12.3. The number of rotatable bonds is 2. The number of carbonyl (C=O) groups is 1. The van der Waals surface area contributed by atoms with Crippen LogP contribution in [0, 0.1) is 6.92 Å². The van der Waals surface area contributed by atoms with Crippen molar-refractivity contribution in [1.29, 1.82) is 0 Å². The lowest BCUT2D eigenvalue weighted by Crippen LogP contribution is -2.47. The second-order valence-electron chi connectivity index (χ2n) is 4.57. The summed E-state index contributed by atoms with van der Waals surface area (Å²) in [6, 6.07) is 0. The Balaban J connectivity index is 2.15.